The number of hydrogen-bond donors (Lipinski definition) is 1. The van der Waals surface area contributed by atoms with Crippen LogP contribution in [0.4, 0.5) is 0 Å². The Hall–Kier alpha value is -1.52. The Balaban J connectivity index is 1.92. The van der Waals surface area contributed by atoms with Gasteiger partial charge in [-0.3, -0.25) is 4.79 Å². The molecule has 0 aliphatic heterocycles. The highest BCUT2D eigenvalue weighted by atomic mass is 35.5. The minimum absolute atomic E-state index is 0.0752. The number of hydrogen-bond acceptors (Lipinski definition) is 3. The van der Waals surface area contributed by atoms with Gasteiger partial charge in [0.1, 0.15) is 5.03 Å². The molecule has 0 fully saturated rings. The number of halogens is 1. The summed E-state index contributed by atoms with van der Waals surface area (Å²) in [5, 5.41) is 4.46. The van der Waals surface area contributed by atoms with Crippen molar-refractivity contribution in [2.24, 2.45) is 0 Å². The highest BCUT2D eigenvalue weighted by molar-refractivity contribution is 7.99. The van der Waals surface area contributed by atoms with E-state index in [9.17, 15) is 4.79 Å². The summed E-state index contributed by atoms with van der Waals surface area (Å²) in [7, 11) is 0. The monoisotopic (exact) mass is 334 g/mol. The molecule has 0 unspecified atom stereocenters. The van der Waals surface area contributed by atoms with Crippen LogP contribution >= 0.6 is 23.4 Å². The van der Waals surface area contributed by atoms with Crippen molar-refractivity contribution in [3.63, 3.8) is 0 Å². The van der Waals surface area contributed by atoms with E-state index in [1.807, 2.05) is 30.3 Å². The molecule has 0 radical (unpaired) electrons. The predicted octanol–water partition coefficient (Wildman–Crippen LogP) is 4.21. The molecule has 0 spiro atoms. The standard InChI is InChI=1S/C17H19ClN2OS/c1-2-11-22-17-15(7-4-9-20-17)16(21)19-10-8-13-5-3-6-14(18)12-13/h3-7,9,12H,2,8,10-11H2,1H3,(H,19,21). The molecule has 0 bridgehead atoms. The quantitative estimate of drug-likeness (QED) is 0.771. The van der Waals surface area contributed by atoms with Crippen LogP contribution in [-0.2, 0) is 6.42 Å². The van der Waals surface area contributed by atoms with Crippen molar-refractivity contribution in [3.05, 3.63) is 58.7 Å². The first-order chi connectivity index (χ1) is 10.7. The number of amides is 1. The molecule has 116 valence electrons. The molecule has 1 aromatic carbocycles. The number of pyridine rings is 1. The van der Waals surface area contributed by atoms with E-state index in [1.54, 1.807) is 24.0 Å². The van der Waals surface area contributed by atoms with Gasteiger partial charge in [0, 0.05) is 17.8 Å². The molecule has 22 heavy (non-hydrogen) atoms. The zero-order valence-electron chi connectivity index (χ0n) is 12.5. The van der Waals surface area contributed by atoms with Crippen LogP contribution in [0.2, 0.25) is 5.02 Å². The number of nitrogens with zero attached hydrogens (tertiary/aromatic N) is 1. The van der Waals surface area contributed by atoms with Crippen molar-refractivity contribution in [2.75, 3.05) is 12.3 Å². The summed E-state index contributed by atoms with van der Waals surface area (Å²) in [6.45, 7) is 2.69. The smallest absolute Gasteiger partial charge is 0.254 e. The van der Waals surface area contributed by atoms with Crippen molar-refractivity contribution < 1.29 is 4.79 Å². The Morgan fingerprint density at radius 1 is 1.32 bits per heavy atom. The normalized spacial score (nSPS) is 10.5. The molecule has 1 aromatic heterocycles. The van der Waals surface area contributed by atoms with E-state index in [2.05, 4.69) is 17.2 Å². The van der Waals surface area contributed by atoms with E-state index in [0.29, 0.717) is 17.1 Å². The molecule has 1 N–H and O–H groups in total. The van der Waals surface area contributed by atoms with Crippen LogP contribution in [0.15, 0.2) is 47.6 Å². The van der Waals surface area contributed by atoms with Gasteiger partial charge in [-0.15, -0.1) is 11.8 Å². The lowest BCUT2D eigenvalue weighted by molar-refractivity contribution is 0.0950. The molecule has 3 nitrogen and oxygen atoms in total. The summed E-state index contributed by atoms with van der Waals surface area (Å²) in [6, 6.07) is 11.3. The summed E-state index contributed by atoms with van der Waals surface area (Å²) in [4.78, 5) is 16.6. The van der Waals surface area contributed by atoms with Crippen molar-refractivity contribution >= 4 is 29.3 Å². The van der Waals surface area contributed by atoms with Crippen LogP contribution in [0.5, 0.6) is 0 Å². The second-order valence-electron chi connectivity index (χ2n) is 4.84. The summed E-state index contributed by atoms with van der Waals surface area (Å²) in [6.07, 6.45) is 3.53. The van der Waals surface area contributed by atoms with Gasteiger partial charge in [0.25, 0.3) is 5.91 Å². The average Bonchev–Trinajstić information content (AvgIpc) is 2.53. The molecule has 0 saturated carbocycles. The van der Waals surface area contributed by atoms with Crippen molar-refractivity contribution in [1.82, 2.24) is 10.3 Å². The molecule has 0 saturated heterocycles. The molecule has 2 rings (SSSR count). The van der Waals surface area contributed by atoms with Gasteiger partial charge in [0.15, 0.2) is 0 Å². The van der Waals surface area contributed by atoms with Crippen LogP contribution in [0.25, 0.3) is 0 Å². The molecular weight excluding hydrogens is 316 g/mol. The van der Waals surface area contributed by atoms with E-state index in [-0.39, 0.29) is 5.91 Å². The van der Waals surface area contributed by atoms with Crippen LogP contribution in [0, 0.1) is 0 Å². The molecular formula is C17H19ClN2OS. The maximum Gasteiger partial charge on any atom is 0.254 e. The van der Waals surface area contributed by atoms with E-state index in [0.717, 1.165) is 29.2 Å². The summed E-state index contributed by atoms with van der Waals surface area (Å²) in [5.74, 6) is 0.883. The van der Waals surface area contributed by atoms with E-state index >= 15 is 0 Å². The van der Waals surface area contributed by atoms with Crippen LogP contribution in [0.3, 0.4) is 0 Å². The lowest BCUT2D eigenvalue weighted by Crippen LogP contribution is -2.26. The number of aromatic nitrogens is 1. The third kappa shape index (κ3) is 5.04. The largest absolute Gasteiger partial charge is 0.352 e. The third-order valence-corrected chi connectivity index (χ3v) is 4.49. The topological polar surface area (TPSA) is 42.0 Å². The Morgan fingerprint density at radius 2 is 2.18 bits per heavy atom. The Bertz CT molecular complexity index is 634. The number of carbonyl (C=O) groups excluding carboxylic acids is 1. The van der Waals surface area contributed by atoms with Gasteiger partial charge in [-0.2, -0.15) is 0 Å². The highest BCUT2D eigenvalue weighted by Crippen LogP contribution is 2.20. The zero-order valence-corrected chi connectivity index (χ0v) is 14.1. The molecule has 0 aliphatic rings. The predicted molar refractivity (Wildman–Crippen MR) is 92.7 cm³/mol. The van der Waals surface area contributed by atoms with E-state index in [4.69, 9.17) is 11.6 Å². The van der Waals surface area contributed by atoms with Gasteiger partial charge in [-0.05, 0) is 48.4 Å². The van der Waals surface area contributed by atoms with Crippen molar-refractivity contribution in [1.29, 1.82) is 0 Å². The molecule has 1 heterocycles. The first-order valence-corrected chi connectivity index (χ1v) is 8.67. The molecule has 0 atom stereocenters. The molecule has 2 aromatic rings. The first kappa shape index (κ1) is 16.8. The minimum atomic E-state index is -0.0752. The van der Waals surface area contributed by atoms with E-state index < -0.39 is 0 Å². The summed E-state index contributed by atoms with van der Waals surface area (Å²) < 4.78 is 0. The Morgan fingerprint density at radius 3 is 2.95 bits per heavy atom. The number of rotatable bonds is 7. The van der Waals surface area contributed by atoms with Gasteiger partial charge in [0.05, 0.1) is 5.56 Å². The zero-order chi connectivity index (χ0) is 15.8. The Labute approximate surface area is 140 Å². The SMILES string of the molecule is CCCSc1ncccc1C(=O)NCCc1cccc(Cl)c1. The fraction of sp³-hybridized carbons (Fsp3) is 0.294. The number of benzene rings is 1. The number of carbonyl (C=O) groups is 1. The average molecular weight is 335 g/mol. The van der Waals surface area contributed by atoms with Crippen LogP contribution < -0.4 is 5.32 Å². The molecule has 1 amide bonds. The lowest BCUT2D eigenvalue weighted by atomic mass is 10.1. The summed E-state index contributed by atoms with van der Waals surface area (Å²) in [5.41, 5.74) is 1.76. The highest BCUT2D eigenvalue weighted by Gasteiger charge is 2.11. The van der Waals surface area contributed by atoms with Gasteiger partial charge in [-0.25, -0.2) is 4.98 Å². The molecule has 5 heteroatoms. The van der Waals surface area contributed by atoms with Crippen LogP contribution in [0.1, 0.15) is 29.3 Å². The maximum atomic E-state index is 12.3. The fourth-order valence-corrected chi connectivity index (χ4v) is 3.05. The third-order valence-electron chi connectivity index (χ3n) is 3.05. The first-order valence-electron chi connectivity index (χ1n) is 7.31. The van der Waals surface area contributed by atoms with Crippen molar-refractivity contribution in [2.45, 2.75) is 24.8 Å². The summed E-state index contributed by atoms with van der Waals surface area (Å²) >= 11 is 7.57. The number of nitrogens with one attached hydrogen (secondary N) is 1. The number of thioether (sulfide) groups is 1. The lowest BCUT2D eigenvalue weighted by Gasteiger charge is -2.09. The van der Waals surface area contributed by atoms with Crippen LogP contribution in [-0.4, -0.2) is 23.2 Å². The fourth-order valence-electron chi connectivity index (χ4n) is 1.99. The van der Waals surface area contributed by atoms with E-state index in [1.165, 1.54) is 0 Å². The van der Waals surface area contributed by atoms with Gasteiger partial charge in [-0.1, -0.05) is 30.7 Å². The Kier molecular flexibility index (Phi) is 6.74. The molecule has 0 aliphatic carbocycles. The second kappa shape index (κ2) is 8.81. The second-order valence-corrected chi connectivity index (χ2v) is 6.36. The maximum absolute atomic E-state index is 12.3. The van der Waals surface area contributed by atoms with Crippen molar-refractivity contribution in [3.8, 4) is 0 Å². The van der Waals surface area contributed by atoms with Gasteiger partial charge < -0.3 is 5.32 Å². The van der Waals surface area contributed by atoms with Gasteiger partial charge >= 0.3 is 0 Å². The minimum Gasteiger partial charge on any atom is -0.352 e. The van der Waals surface area contributed by atoms with Gasteiger partial charge in [0.2, 0.25) is 0 Å².